The quantitative estimate of drug-likeness (QED) is 0.488. The molecule has 0 aliphatic heterocycles. The molecule has 0 aliphatic rings. The Hall–Kier alpha value is -3.54. The molecule has 6 heteroatoms. The molecule has 0 saturated carbocycles. The highest BCUT2D eigenvalue weighted by atomic mass is 16.1. The van der Waals surface area contributed by atoms with Gasteiger partial charge in [-0.05, 0) is 87.6 Å². The Morgan fingerprint density at radius 2 is 1.81 bits per heavy atom. The fourth-order valence-electron chi connectivity index (χ4n) is 4.13. The minimum Gasteiger partial charge on any atom is -0.350 e. The van der Waals surface area contributed by atoms with E-state index in [4.69, 9.17) is 10.1 Å². The zero-order valence-electron chi connectivity index (χ0n) is 19.4. The van der Waals surface area contributed by atoms with Crippen molar-refractivity contribution in [3.8, 4) is 5.69 Å². The lowest BCUT2D eigenvalue weighted by Crippen LogP contribution is -2.23. The van der Waals surface area contributed by atoms with Crippen LogP contribution in [0.25, 0.3) is 16.7 Å². The van der Waals surface area contributed by atoms with E-state index in [2.05, 4.69) is 49.3 Å². The molecule has 164 valence electrons. The Balaban J connectivity index is 1.57. The fourth-order valence-corrected chi connectivity index (χ4v) is 4.13. The highest BCUT2D eigenvalue weighted by Gasteiger charge is 2.18. The molecule has 1 amide bonds. The molecule has 6 nitrogen and oxygen atoms in total. The molecule has 4 aromatic rings. The zero-order valence-corrected chi connectivity index (χ0v) is 19.4. The first-order valence-electron chi connectivity index (χ1n) is 10.9. The molecule has 0 spiro atoms. The minimum absolute atomic E-state index is 0.0112. The number of benzene rings is 1. The van der Waals surface area contributed by atoms with E-state index in [1.54, 1.807) is 6.20 Å². The summed E-state index contributed by atoms with van der Waals surface area (Å²) in [5.74, 6) is 0.0112. The van der Waals surface area contributed by atoms with Gasteiger partial charge in [0.05, 0.1) is 23.6 Å². The number of amides is 1. The van der Waals surface area contributed by atoms with Crippen LogP contribution in [0.5, 0.6) is 0 Å². The Kier molecular flexibility index (Phi) is 6.04. The van der Waals surface area contributed by atoms with Crippen LogP contribution in [0.15, 0.2) is 42.6 Å². The number of hydrogen-bond acceptors (Lipinski definition) is 4. The van der Waals surface area contributed by atoms with Crippen LogP contribution in [0.3, 0.4) is 0 Å². The molecular formula is C26H29N5O. The first kappa shape index (κ1) is 21.7. The van der Waals surface area contributed by atoms with Crippen LogP contribution in [-0.4, -0.2) is 25.7 Å². The molecule has 32 heavy (non-hydrogen) atoms. The monoisotopic (exact) mass is 427 g/mol. The average Bonchev–Trinajstić information content (AvgIpc) is 3.10. The van der Waals surface area contributed by atoms with Crippen molar-refractivity contribution in [3.05, 3.63) is 81.9 Å². The maximum atomic E-state index is 12.4. The van der Waals surface area contributed by atoms with Crippen molar-refractivity contribution in [1.29, 1.82) is 0 Å². The molecule has 0 radical (unpaired) electrons. The van der Waals surface area contributed by atoms with E-state index in [0.717, 1.165) is 44.9 Å². The summed E-state index contributed by atoms with van der Waals surface area (Å²) in [6.07, 6.45) is 2.78. The Labute approximate surface area is 188 Å². The topological polar surface area (TPSA) is 72.7 Å². The SMILES string of the molecule is Cc1ccc(-n2nc(C)c3c(C)c(CCC(=O)NCc4ccccn4)c(C)nc32)cc1C. The molecule has 1 aromatic carbocycles. The van der Waals surface area contributed by atoms with Gasteiger partial charge in [-0.1, -0.05) is 12.1 Å². The fraction of sp³-hybridized carbons (Fsp3) is 0.308. The van der Waals surface area contributed by atoms with Crippen LogP contribution in [0.2, 0.25) is 0 Å². The van der Waals surface area contributed by atoms with E-state index in [9.17, 15) is 4.79 Å². The summed E-state index contributed by atoms with van der Waals surface area (Å²) in [5, 5.41) is 8.82. The van der Waals surface area contributed by atoms with E-state index >= 15 is 0 Å². The number of carbonyl (C=O) groups is 1. The van der Waals surface area contributed by atoms with Gasteiger partial charge in [0, 0.05) is 23.7 Å². The van der Waals surface area contributed by atoms with Gasteiger partial charge in [0.2, 0.25) is 5.91 Å². The van der Waals surface area contributed by atoms with Gasteiger partial charge < -0.3 is 5.32 Å². The van der Waals surface area contributed by atoms with E-state index in [0.29, 0.717) is 19.4 Å². The summed E-state index contributed by atoms with van der Waals surface area (Å²) >= 11 is 0. The number of carbonyl (C=O) groups excluding carboxylic acids is 1. The smallest absolute Gasteiger partial charge is 0.220 e. The third-order valence-electron chi connectivity index (χ3n) is 6.10. The lowest BCUT2D eigenvalue weighted by Gasteiger charge is -2.12. The van der Waals surface area contributed by atoms with E-state index in [1.165, 1.54) is 11.1 Å². The van der Waals surface area contributed by atoms with Crippen molar-refractivity contribution < 1.29 is 4.79 Å². The molecule has 3 aromatic heterocycles. The van der Waals surface area contributed by atoms with Crippen LogP contribution in [-0.2, 0) is 17.8 Å². The second kappa shape index (κ2) is 8.91. The van der Waals surface area contributed by atoms with Gasteiger partial charge in [0.25, 0.3) is 0 Å². The van der Waals surface area contributed by atoms with Crippen molar-refractivity contribution in [2.75, 3.05) is 0 Å². The summed E-state index contributed by atoms with van der Waals surface area (Å²) in [7, 11) is 0. The standard InChI is InChI=1S/C26H29N5O/c1-16-9-10-22(14-17(16)2)31-26-25(20(5)30-31)18(3)23(19(4)29-26)11-12-24(32)28-15-21-8-6-7-13-27-21/h6-10,13-14H,11-12,15H2,1-5H3,(H,28,32). The lowest BCUT2D eigenvalue weighted by atomic mass is 9.99. The molecule has 0 unspecified atom stereocenters. The summed E-state index contributed by atoms with van der Waals surface area (Å²) in [6, 6.07) is 12.0. The normalized spacial score (nSPS) is 11.2. The highest BCUT2D eigenvalue weighted by molar-refractivity contribution is 5.85. The van der Waals surface area contributed by atoms with Crippen molar-refractivity contribution >= 4 is 16.9 Å². The van der Waals surface area contributed by atoms with Crippen molar-refractivity contribution in [3.63, 3.8) is 0 Å². The van der Waals surface area contributed by atoms with Crippen molar-refractivity contribution in [1.82, 2.24) is 25.1 Å². The van der Waals surface area contributed by atoms with Crippen LogP contribution in [0, 0.1) is 34.6 Å². The number of hydrogen-bond donors (Lipinski definition) is 1. The van der Waals surface area contributed by atoms with Crippen molar-refractivity contribution in [2.45, 2.75) is 54.0 Å². The largest absolute Gasteiger partial charge is 0.350 e. The number of rotatable bonds is 6. The first-order valence-corrected chi connectivity index (χ1v) is 10.9. The Morgan fingerprint density at radius 3 is 2.53 bits per heavy atom. The van der Waals surface area contributed by atoms with Gasteiger partial charge in [0.15, 0.2) is 5.65 Å². The second-order valence-electron chi connectivity index (χ2n) is 8.36. The predicted molar refractivity (Wildman–Crippen MR) is 127 cm³/mol. The molecule has 0 aliphatic carbocycles. The lowest BCUT2D eigenvalue weighted by molar-refractivity contribution is -0.121. The number of aromatic nitrogens is 4. The summed E-state index contributed by atoms with van der Waals surface area (Å²) in [5.41, 5.74) is 9.37. The molecule has 0 bridgehead atoms. The summed E-state index contributed by atoms with van der Waals surface area (Å²) in [6.45, 7) is 10.8. The third-order valence-corrected chi connectivity index (χ3v) is 6.10. The number of fused-ring (bicyclic) bond motifs is 1. The zero-order chi connectivity index (χ0) is 22.8. The van der Waals surface area contributed by atoms with Gasteiger partial charge in [-0.3, -0.25) is 9.78 Å². The molecule has 0 atom stereocenters. The number of nitrogens with zero attached hydrogens (tertiary/aromatic N) is 4. The van der Waals surface area contributed by atoms with Gasteiger partial charge in [0.1, 0.15) is 0 Å². The molecule has 0 saturated heterocycles. The average molecular weight is 428 g/mol. The Bertz CT molecular complexity index is 1290. The van der Waals surface area contributed by atoms with Crippen molar-refractivity contribution in [2.24, 2.45) is 0 Å². The molecule has 0 fully saturated rings. The number of pyridine rings is 2. The van der Waals surface area contributed by atoms with Gasteiger partial charge >= 0.3 is 0 Å². The van der Waals surface area contributed by atoms with E-state index in [-0.39, 0.29) is 5.91 Å². The molecule has 4 rings (SSSR count). The maximum Gasteiger partial charge on any atom is 0.220 e. The molecule has 1 N–H and O–H groups in total. The van der Waals surface area contributed by atoms with Crippen LogP contribution < -0.4 is 5.32 Å². The van der Waals surface area contributed by atoms with Crippen LogP contribution in [0.4, 0.5) is 0 Å². The highest BCUT2D eigenvalue weighted by Crippen LogP contribution is 2.28. The second-order valence-corrected chi connectivity index (χ2v) is 8.36. The number of nitrogens with one attached hydrogen (secondary N) is 1. The van der Waals surface area contributed by atoms with E-state index in [1.807, 2.05) is 36.7 Å². The predicted octanol–water partition coefficient (Wildman–Crippen LogP) is 4.61. The van der Waals surface area contributed by atoms with Gasteiger partial charge in [-0.15, -0.1) is 0 Å². The van der Waals surface area contributed by atoms with Crippen LogP contribution >= 0.6 is 0 Å². The van der Waals surface area contributed by atoms with Gasteiger partial charge in [-0.2, -0.15) is 5.10 Å². The summed E-state index contributed by atoms with van der Waals surface area (Å²) < 4.78 is 1.93. The van der Waals surface area contributed by atoms with Gasteiger partial charge in [-0.25, -0.2) is 9.67 Å². The first-order chi connectivity index (χ1) is 15.3. The molecule has 3 heterocycles. The Morgan fingerprint density at radius 1 is 1.00 bits per heavy atom. The van der Waals surface area contributed by atoms with E-state index < -0.39 is 0 Å². The maximum absolute atomic E-state index is 12.4. The number of aryl methyl sites for hydroxylation is 5. The molecular weight excluding hydrogens is 398 g/mol. The summed E-state index contributed by atoms with van der Waals surface area (Å²) in [4.78, 5) is 21.6. The minimum atomic E-state index is 0.0112. The van der Waals surface area contributed by atoms with Crippen LogP contribution in [0.1, 0.15) is 45.8 Å². The third kappa shape index (κ3) is 4.26.